The molecule has 1 spiro atoms. The fourth-order valence-corrected chi connectivity index (χ4v) is 3.92. The van der Waals surface area contributed by atoms with E-state index in [9.17, 15) is 10.3 Å². The highest BCUT2D eigenvalue weighted by Crippen LogP contribution is 2.61. The van der Waals surface area contributed by atoms with Crippen molar-refractivity contribution in [3.8, 4) is 0 Å². The number of hydrogen-bond donors (Lipinski definition) is 2. The smallest absolute Gasteiger partial charge is 0.158 e. The number of epoxide rings is 2. The lowest BCUT2D eigenvalue weighted by atomic mass is 9.64. The van der Waals surface area contributed by atoms with Gasteiger partial charge in [0.15, 0.2) is 5.60 Å². The van der Waals surface area contributed by atoms with E-state index in [-0.39, 0.29) is 6.10 Å². The molecule has 2 aliphatic heterocycles. The molecule has 0 amide bonds. The fourth-order valence-electron chi connectivity index (χ4n) is 3.92. The van der Waals surface area contributed by atoms with Gasteiger partial charge in [0.1, 0.15) is 17.3 Å². The van der Waals surface area contributed by atoms with E-state index in [4.69, 9.17) is 14.2 Å². The minimum absolute atomic E-state index is 0.0934. The van der Waals surface area contributed by atoms with Gasteiger partial charge in [-0.25, -0.2) is 0 Å². The van der Waals surface area contributed by atoms with Crippen LogP contribution in [0.1, 0.15) is 40.0 Å². The van der Waals surface area contributed by atoms with Gasteiger partial charge < -0.3 is 24.5 Å². The summed E-state index contributed by atoms with van der Waals surface area (Å²) in [4.78, 5) is 0. The molecule has 6 heteroatoms. The van der Waals surface area contributed by atoms with Gasteiger partial charge in [-0.05, 0) is 40.0 Å². The van der Waals surface area contributed by atoms with Gasteiger partial charge in [-0.15, -0.1) is 0 Å². The normalized spacial score (nSPS) is 48.5. The highest BCUT2D eigenvalue weighted by atomic mass is 16.7. The van der Waals surface area contributed by atoms with E-state index < -0.39 is 22.9 Å². The molecule has 0 aromatic carbocycles. The Balaban J connectivity index is 1.93. The molecule has 3 aliphatic rings. The summed E-state index contributed by atoms with van der Waals surface area (Å²) in [5, 5.41) is 24.2. The molecule has 5 atom stereocenters. The van der Waals surface area contributed by atoms with Crippen LogP contribution >= 0.6 is 0 Å². The van der Waals surface area contributed by atoms with Crippen LogP contribution < -0.4 is 0 Å². The summed E-state index contributed by atoms with van der Waals surface area (Å²) in [6.45, 7) is 6.45. The van der Waals surface area contributed by atoms with Crippen LogP contribution in [0.2, 0.25) is 0 Å². The first-order chi connectivity index (χ1) is 10.3. The monoisotopic (exact) mass is 311 g/mol. The van der Waals surface area contributed by atoms with Gasteiger partial charge in [0, 0.05) is 7.11 Å². The number of ether oxygens (including phenoxy) is 3. The van der Waals surface area contributed by atoms with Crippen molar-refractivity contribution in [2.24, 2.45) is 5.16 Å². The predicted molar refractivity (Wildman–Crippen MR) is 80.2 cm³/mol. The highest BCUT2D eigenvalue weighted by Gasteiger charge is 2.81. The maximum Gasteiger partial charge on any atom is 0.158 e. The number of hydrogen-bond acceptors (Lipinski definition) is 6. The standard InChI is InChI=1S/C16H25NO5/c1-10(2)5-6-12-14(3,22-12)16(18)13(20-4)11(17-19)7-8-15(16)9-21-15/h5,12-13,18-19H,6-9H2,1-4H3/b17-11-/t12-,13-,14+,15+,16+/m1/s1. The van der Waals surface area contributed by atoms with Crippen LogP contribution in [-0.2, 0) is 14.2 Å². The quantitative estimate of drug-likeness (QED) is 0.357. The lowest BCUT2D eigenvalue weighted by Crippen LogP contribution is -2.69. The van der Waals surface area contributed by atoms with E-state index in [2.05, 4.69) is 11.2 Å². The Labute approximate surface area is 130 Å². The van der Waals surface area contributed by atoms with Gasteiger partial charge >= 0.3 is 0 Å². The molecule has 0 radical (unpaired) electrons. The molecule has 3 rings (SSSR count). The Morgan fingerprint density at radius 2 is 2.18 bits per heavy atom. The van der Waals surface area contributed by atoms with Crippen molar-refractivity contribution in [3.63, 3.8) is 0 Å². The third kappa shape index (κ3) is 1.98. The molecule has 0 unspecified atom stereocenters. The van der Waals surface area contributed by atoms with Crippen molar-refractivity contribution < 1.29 is 24.5 Å². The van der Waals surface area contributed by atoms with Crippen molar-refractivity contribution in [2.75, 3.05) is 13.7 Å². The zero-order valence-corrected chi connectivity index (χ0v) is 13.6. The second kappa shape index (κ2) is 5.03. The lowest BCUT2D eigenvalue weighted by Gasteiger charge is -2.46. The minimum atomic E-state index is -1.35. The highest BCUT2D eigenvalue weighted by molar-refractivity contribution is 5.91. The van der Waals surface area contributed by atoms with Gasteiger partial charge in [0.2, 0.25) is 0 Å². The summed E-state index contributed by atoms with van der Waals surface area (Å²) in [6.07, 6.45) is 3.17. The van der Waals surface area contributed by atoms with Gasteiger partial charge in [-0.2, -0.15) is 0 Å². The van der Waals surface area contributed by atoms with Crippen molar-refractivity contribution in [3.05, 3.63) is 11.6 Å². The van der Waals surface area contributed by atoms with Crippen LogP contribution in [0, 0.1) is 0 Å². The number of methoxy groups -OCH3 is 1. The molecule has 1 saturated carbocycles. The van der Waals surface area contributed by atoms with Crippen LogP contribution in [0.15, 0.2) is 16.8 Å². The lowest BCUT2D eigenvalue weighted by molar-refractivity contribution is -0.160. The van der Waals surface area contributed by atoms with E-state index in [1.807, 2.05) is 20.8 Å². The third-order valence-electron chi connectivity index (χ3n) is 5.46. The van der Waals surface area contributed by atoms with Crippen molar-refractivity contribution in [1.29, 1.82) is 0 Å². The number of rotatable bonds is 4. The van der Waals surface area contributed by atoms with E-state index >= 15 is 0 Å². The van der Waals surface area contributed by atoms with Crippen molar-refractivity contribution >= 4 is 5.71 Å². The molecule has 3 fully saturated rings. The van der Waals surface area contributed by atoms with E-state index in [0.717, 1.165) is 6.42 Å². The zero-order valence-electron chi connectivity index (χ0n) is 13.6. The van der Waals surface area contributed by atoms with Crippen LogP contribution in [0.5, 0.6) is 0 Å². The maximum atomic E-state index is 11.6. The van der Waals surface area contributed by atoms with E-state index in [1.54, 1.807) is 0 Å². The summed E-state index contributed by atoms with van der Waals surface area (Å²) in [7, 11) is 1.51. The molecule has 22 heavy (non-hydrogen) atoms. The first-order valence-corrected chi connectivity index (χ1v) is 7.76. The molecule has 2 heterocycles. The van der Waals surface area contributed by atoms with Crippen LogP contribution in [0.4, 0.5) is 0 Å². The summed E-state index contributed by atoms with van der Waals surface area (Å²) >= 11 is 0. The first-order valence-electron chi connectivity index (χ1n) is 7.76. The Hall–Kier alpha value is -0.950. The summed E-state index contributed by atoms with van der Waals surface area (Å²) in [6, 6.07) is 0. The summed E-state index contributed by atoms with van der Waals surface area (Å²) in [5.41, 5.74) is -1.12. The Morgan fingerprint density at radius 3 is 2.68 bits per heavy atom. The Kier molecular flexibility index (Phi) is 3.64. The third-order valence-corrected chi connectivity index (χ3v) is 5.46. The molecule has 2 N–H and O–H groups in total. The molecule has 2 saturated heterocycles. The molecule has 0 aromatic rings. The Bertz CT molecular complexity index is 523. The molecular formula is C16H25NO5. The van der Waals surface area contributed by atoms with Crippen molar-refractivity contribution in [1.82, 2.24) is 0 Å². The molecule has 1 aliphatic carbocycles. The average Bonchev–Trinajstić information content (AvgIpc) is 3.38. The van der Waals surface area contributed by atoms with Crippen molar-refractivity contribution in [2.45, 2.75) is 69.0 Å². The van der Waals surface area contributed by atoms with E-state index in [0.29, 0.717) is 25.2 Å². The largest absolute Gasteiger partial charge is 0.411 e. The number of oxime groups is 1. The zero-order chi connectivity index (χ0) is 16.2. The maximum absolute atomic E-state index is 11.6. The SMILES string of the molecule is CO[C@@H]1/C(=N\O)CC[C@]2(CO2)[C@@]1(O)[C@@]1(C)O[C@@H]1CC=C(C)C. The molecule has 0 bridgehead atoms. The Morgan fingerprint density at radius 1 is 1.50 bits per heavy atom. The average molecular weight is 311 g/mol. The van der Waals surface area contributed by atoms with Crippen LogP contribution in [0.25, 0.3) is 0 Å². The first kappa shape index (κ1) is 15.9. The molecule has 0 aromatic heterocycles. The second-order valence-corrected chi connectivity index (χ2v) is 6.99. The topological polar surface area (TPSA) is 87.1 Å². The van der Waals surface area contributed by atoms with Crippen LogP contribution in [-0.4, -0.2) is 58.8 Å². The van der Waals surface area contributed by atoms with Gasteiger partial charge in [-0.1, -0.05) is 16.8 Å². The van der Waals surface area contributed by atoms with Crippen LogP contribution in [0.3, 0.4) is 0 Å². The van der Waals surface area contributed by atoms with Gasteiger partial charge in [0.25, 0.3) is 0 Å². The molecular weight excluding hydrogens is 286 g/mol. The van der Waals surface area contributed by atoms with Gasteiger partial charge in [-0.3, -0.25) is 0 Å². The summed E-state index contributed by atoms with van der Waals surface area (Å²) in [5.74, 6) is 0. The second-order valence-electron chi connectivity index (χ2n) is 6.99. The number of nitrogens with zero attached hydrogens (tertiary/aromatic N) is 1. The number of aliphatic hydroxyl groups is 1. The summed E-state index contributed by atoms with van der Waals surface area (Å²) < 4.78 is 17.1. The fraction of sp³-hybridized carbons (Fsp3) is 0.812. The number of allylic oxidation sites excluding steroid dienone is 1. The van der Waals surface area contributed by atoms with E-state index in [1.165, 1.54) is 12.7 Å². The molecule has 6 nitrogen and oxygen atoms in total. The molecule has 124 valence electrons. The predicted octanol–water partition coefficient (Wildman–Crippen LogP) is 1.64. The minimum Gasteiger partial charge on any atom is -0.411 e. The van der Waals surface area contributed by atoms with Gasteiger partial charge in [0.05, 0.1) is 18.4 Å².